The quantitative estimate of drug-likeness (QED) is 0.412. The molecule has 0 amide bonds. The molecule has 2 unspecified atom stereocenters. The maximum absolute atomic E-state index is 3.69. The summed E-state index contributed by atoms with van der Waals surface area (Å²) < 4.78 is 0. The van der Waals surface area contributed by atoms with Gasteiger partial charge in [-0.15, -0.1) is 39.2 Å². The standard InChI is InChI=1S/2C9H11.2ClH.Zr/c2*1-4-9-5-7(2)8(3)6-9;;;/h2*4-5,9H,1H2,2-3H3;2*1H;/q2*-1;;;+4/p-2. The number of hydrogen-bond donors (Lipinski definition) is 0. The minimum absolute atomic E-state index is 0. The third-order valence-electron chi connectivity index (χ3n) is 3.32. The van der Waals surface area contributed by atoms with Gasteiger partial charge in [0, 0.05) is 0 Å². The Morgan fingerprint density at radius 3 is 1.19 bits per heavy atom. The van der Waals surface area contributed by atoms with Gasteiger partial charge in [-0.05, 0) is 0 Å². The van der Waals surface area contributed by atoms with E-state index in [1.54, 1.807) is 0 Å². The first-order valence-electron chi connectivity index (χ1n) is 6.30. The van der Waals surface area contributed by atoms with E-state index in [0.717, 1.165) is 0 Å². The van der Waals surface area contributed by atoms with Crippen LogP contribution in [0.3, 0.4) is 0 Å². The van der Waals surface area contributed by atoms with Crippen LogP contribution in [-0.2, 0) is 26.2 Å². The van der Waals surface area contributed by atoms with Crippen molar-refractivity contribution < 1.29 is 51.0 Å². The minimum atomic E-state index is 0. The minimum Gasteiger partial charge on any atom is -1.00 e. The fraction of sp³-hybridized carbons (Fsp3) is 0.333. The molecule has 0 saturated carbocycles. The zero-order valence-electron chi connectivity index (χ0n) is 13.1. The van der Waals surface area contributed by atoms with Crippen LogP contribution in [0.15, 0.2) is 59.8 Å². The second kappa shape index (κ2) is 12.4. The summed E-state index contributed by atoms with van der Waals surface area (Å²) in [4.78, 5) is 0. The van der Waals surface area contributed by atoms with Crippen LogP contribution in [0.2, 0.25) is 0 Å². The SMILES string of the molecule is C=CC1[C-]=C(C)C(C)=C1.C=CC1[C-]=C(C)C(C)=C1.[Cl-].[Cl-].[Zr+4]. The van der Waals surface area contributed by atoms with E-state index in [0.29, 0.717) is 11.8 Å². The molecule has 112 valence electrons. The van der Waals surface area contributed by atoms with E-state index < -0.39 is 0 Å². The summed E-state index contributed by atoms with van der Waals surface area (Å²) in [6, 6.07) is 0. The first kappa shape index (κ1) is 25.8. The predicted molar refractivity (Wildman–Crippen MR) is 79.7 cm³/mol. The van der Waals surface area contributed by atoms with Gasteiger partial charge in [-0.2, -0.15) is 12.2 Å². The molecule has 0 nitrogen and oxygen atoms in total. The van der Waals surface area contributed by atoms with Crippen molar-refractivity contribution in [2.45, 2.75) is 27.7 Å². The summed E-state index contributed by atoms with van der Waals surface area (Å²) in [5, 5.41) is 0. The average Bonchev–Trinajstić information content (AvgIpc) is 2.84. The maximum Gasteiger partial charge on any atom is 4.00 e. The molecule has 0 spiro atoms. The van der Waals surface area contributed by atoms with Gasteiger partial charge in [-0.1, -0.05) is 25.7 Å². The van der Waals surface area contributed by atoms with Crippen molar-refractivity contribution in [3.63, 3.8) is 0 Å². The van der Waals surface area contributed by atoms with Crippen LogP contribution < -0.4 is 24.8 Å². The van der Waals surface area contributed by atoms with Gasteiger partial charge < -0.3 is 24.8 Å². The average molecular weight is 401 g/mol. The molecule has 0 aromatic heterocycles. The van der Waals surface area contributed by atoms with E-state index in [-0.39, 0.29) is 51.0 Å². The van der Waals surface area contributed by atoms with E-state index in [4.69, 9.17) is 0 Å². The molecule has 0 aromatic carbocycles. The molecule has 0 N–H and O–H groups in total. The molecule has 0 bridgehead atoms. The molecule has 0 heterocycles. The number of hydrogen-bond acceptors (Lipinski definition) is 0. The Hall–Kier alpha value is -0.0969. The fourth-order valence-corrected chi connectivity index (χ4v) is 1.85. The molecule has 2 rings (SSSR count). The summed E-state index contributed by atoms with van der Waals surface area (Å²) in [7, 11) is 0. The summed E-state index contributed by atoms with van der Waals surface area (Å²) in [5.74, 6) is 0.731. The summed E-state index contributed by atoms with van der Waals surface area (Å²) in [6.07, 6.45) is 14.7. The monoisotopic (exact) mass is 398 g/mol. The molecule has 3 heteroatoms. The normalized spacial score (nSPS) is 21.7. The zero-order valence-corrected chi connectivity index (χ0v) is 17.1. The van der Waals surface area contributed by atoms with E-state index in [2.05, 4.69) is 65.2 Å². The molecule has 2 atom stereocenters. The van der Waals surface area contributed by atoms with Crippen molar-refractivity contribution in [3.05, 3.63) is 71.9 Å². The van der Waals surface area contributed by atoms with Gasteiger partial charge in [0.05, 0.1) is 0 Å². The van der Waals surface area contributed by atoms with Crippen molar-refractivity contribution >= 4 is 0 Å². The van der Waals surface area contributed by atoms with Crippen molar-refractivity contribution in [2.24, 2.45) is 11.8 Å². The Balaban J connectivity index is -0.000000270. The van der Waals surface area contributed by atoms with E-state index >= 15 is 0 Å². The Bertz CT molecular complexity index is 388. The Labute approximate surface area is 161 Å². The Morgan fingerprint density at radius 2 is 1.10 bits per heavy atom. The Kier molecular flexibility index (Phi) is 15.3. The number of rotatable bonds is 2. The molecule has 0 saturated heterocycles. The largest absolute Gasteiger partial charge is 4.00 e. The first-order chi connectivity index (χ1) is 8.47. The number of allylic oxidation sites excluding steroid dienone is 10. The molecule has 21 heavy (non-hydrogen) atoms. The van der Waals surface area contributed by atoms with Gasteiger partial charge in [0.15, 0.2) is 0 Å². The fourth-order valence-electron chi connectivity index (χ4n) is 1.85. The van der Waals surface area contributed by atoms with Crippen LogP contribution in [0.5, 0.6) is 0 Å². The topological polar surface area (TPSA) is 0 Å². The van der Waals surface area contributed by atoms with Crippen molar-refractivity contribution in [1.29, 1.82) is 0 Å². The molecular weight excluding hydrogens is 378 g/mol. The Morgan fingerprint density at radius 1 is 0.810 bits per heavy atom. The van der Waals surface area contributed by atoms with E-state index in [1.165, 1.54) is 22.3 Å². The number of halogens is 2. The summed E-state index contributed by atoms with van der Waals surface area (Å²) >= 11 is 0. The second-order valence-electron chi connectivity index (χ2n) is 4.76. The van der Waals surface area contributed by atoms with Gasteiger partial charge in [-0.25, -0.2) is 22.3 Å². The summed E-state index contributed by atoms with van der Waals surface area (Å²) in [5.41, 5.74) is 5.19. The molecule has 2 aliphatic rings. The van der Waals surface area contributed by atoms with Crippen LogP contribution in [0.25, 0.3) is 0 Å². The third kappa shape index (κ3) is 8.19. The van der Waals surface area contributed by atoms with Crippen LogP contribution >= 0.6 is 0 Å². The molecular formula is C18H22Cl2Zr. The van der Waals surface area contributed by atoms with Crippen LogP contribution in [0.4, 0.5) is 0 Å². The van der Waals surface area contributed by atoms with Crippen molar-refractivity contribution in [2.75, 3.05) is 0 Å². The van der Waals surface area contributed by atoms with E-state index in [9.17, 15) is 0 Å². The molecule has 0 aliphatic heterocycles. The predicted octanol–water partition coefficient (Wildman–Crippen LogP) is -0.999. The third-order valence-corrected chi connectivity index (χ3v) is 3.32. The smallest absolute Gasteiger partial charge is 1.00 e. The van der Waals surface area contributed by atoms with Gasteiger partial charge in [0.25, 0.3) is 0 Å². The zero-order chi connectivity index (χ0) is 13.7. The maximum atomic E-state index is 3.69. The summed E-state index contributed by atoms with van der Waals surface area (Å²) in [6.45, 7) is 15.7. The van der Waals surface area contributed by atoms with Crippen LogP contribution in [0.1, 0.15) is 27.7 Å². The van der Waals surface area contributed by atoms with Crippen LogP contribution in [-0.4, -0.2) is 0 Å². The molecule has 0 aromatic rings. The van der Waals surface area contributed by atoms with Gasteiger partial charge in [0.2, 0.25) is 0 Å². The second-order valence-corrected chi connectivity index (χ2v) is 4.76. The van der Waals surface area contributed by atoms with E-state index in [1.807, 2.05) is 12.2 Å². The molecule has 0 fully saturated rings. The van der Waals surface area contributed by atoms with Crippen molar-refractivity contribution in [1.82, 2.24) is 0 Å². The van der Waals surface area contributed by atoms with Crippen molar-refractivity contribution in [3.8, 4) is 0 Å². The van der Waals surface area contributed by atoms with Gasteiger partial charge in [-0.3, -0.25) is 12.2 Å². The van der Waals surface area contributed by atoms with Crippen LogP contribution in [0, 0.1) is 24.0 Å². The first-order valence-corrected chi connectivity index (χ1v) is 6.30. The molecule has 0 radical (unpaired) electrons. The molecule has 2 aliphatic carbocycles. The van der Waals surface area contributed by atoms with Gasteiger partial charge >= 0.3 is 26.2 Å². The van der Waals surface area contributed by atoms with Gasteiger partial charge in [0.1, 0.15) is 0 Å².